The second-order valence-electron chi connectivity index (χ2n) is 5.06. The quantitative estimate of drug-likeness (QED) is 0.882. The van der Waals surface area contributed by atoms with E-state index in [1.165, 1.54) is 4.88 Å². The zero-order valence-corrected chi connectivity index (χ0v) is 13.4. The Morgan fingerprint density at radius 1 is 1.33 bits per heavy atom. The summed E-state index contributed by atoms with van der Waals surface area (Å²) in [6.07, 6.45) is 0.106. The molecule has 0 aliphatic carbocycles. The highest BCUT2D eigenvalue weighted by atomic mass is 32.1. The molecule has 0 saturated carbocycles. The van der Waals surface area contributed by atoms with Gasteiger partial charge in [0.2, 0.25) is 0 Å². The van der Waals surface area contributed by atoms with E-state index in [4.69, 9.17) is 5.11 Å². The van der Waals surface area contributed by atoms with Crippen molar-refractivity contribution in [3.63, 3.8) is 0 Å². The fourth-order valence-electron chi connectivity index (χ4n) is 2.16. The SMILES string of the molecule is Cc1nc(N(CCC(=O)O)C(C)c2ccccc2)sc1C. The Hall–Kier alpha value is -1.88. The molecule has 0 aliphatic rings. The number of rotatable bonds is 6. The number of benzene rings is 1. The molecule has 21 heavy (non-hydrogen) atoms. The molecular formula is C16H20N2O2S. The predicted molar refractivity (Wildman–Crippen MR) is 86.0 cm³/mol. The summed E-state index contributed by atoms with van der Waals surface area (Å²) in [5, 5.41) is 9.87. The number of thiazole rings is 1. The van der Waals surface area contributed by atoms with Crippen molar-refractivity contribution in [3.05, 3.63) is 46.5 Å². The molecule has 5 heteroatoms. The molecule has 0 bridgehead atoms. The standard InChI is InChI=1S/C16H20N2O2S/c1-11-13(3)21-16(17-11)18(10-9-15(19)20)12(2)14-7-5-4-6-8-14/h4-8,12H,9-10H2,1-3H3,(H,19,20). The van der Waals surface area contributed by atoms with Gasteiger partial charge in [0.1, 0.15) is 0 Å². The van der Waals surface area contributed by atoms with Crippen molar-refractivity contribution in [2.45, 2.75) is 33.2 Å². The number of aromatic nitrogens is 1. The average molecular weight is 304 g/mol. The summed E-state index contributed by atoms with van der Waals surface area (Å²) in [6.45, 7) is 6.57. The molecule has 1 aromatic heterocycles. The maximum Gasteiger partial charge on any atom is 0.305 e. The number of aryl methyl sites for hydroxylation is 2. The lowest BCUT2D eigenvalue weighted by Gasteiger charge is -2.28. The first kappa shape index (κ1) is 15.5. The van der Waals surface area contributed by atoms with Crippen molar-refractivity contribution in [1.82, 2.24) is 4.98 Å². The van der Waals surface area contributed by atoms with E-state index in [9.17, 15) is 4.79 Å². The van der Waals surface area contributed by atoms with Gasteiger partial charge in [-0.2, -0.15) is 0 Å². The van der Waals surface area contributed by atoms with Gasteiger partial charge in [-0.15, -0.1) is 11.3 Å². The molecule has 0 fully saturated rings. The molecule has 112 valence electrons. The molecule has 1 N–H and O–H groups in total. The van der Waals surface area contributed by atoms with Gasteiger partial charge in [0.25, 0.3) is 0 Å². The van der Waals surface area contributed by atoms with Crippen LogP contribution in [-0.2, 0) is 4.79 Å². The molecular weight excluding hydrogens is 284 g/mol. The van der Waals surface area contributed by atoms with Crippen LogP contribution in [-0.4, -0.2) is 22.6 Å². The maximum atomic E-state index is 10.9. The molecule has 2 aromatic rings. The maximum absolute atomic E-state index is 10.9. The topological polar surface area (TPSA) is 53.4 Å². The van der Waals surface area contributed by atoms with E-state index in [1.54, 1.807) is 11.3 Å². The van der Waals surface area contributed by atoms with Gasteiger partial charge in [0.15, 0.2) is 5.13 Å². The van der Waals surface area contributed by atoms with Crippen LogP contribution in [0, 0.1) is 13.8 Å². The van der Waals surface area contributed by atoms with Gasteiger partial charge >= 0.3 is 5.97 Å². The summed E-state index contributed by atoms with van der Waals surface area (Å²) < 4.78 is 0. The number of anilines is 1. The van der Waals surface area contributed by atoms with Gasteiger partial charge in [0.05, 0.1) is 18.2 Å². The minimum atomic E-state index is -0.787. The molecule has 1 heterocycles. The molecule has 0 aliphatic heterocycles. The Morgan fingerprint density at radius 2 is 2.00 bits per heavy atom. The van der Waals surface area contributed by atoms with Crippen molar-refractivity contribution in [3.8, 4) is 0 Å². The smallest absolute Gasteiger partial charge is 0.305 e. The zero-order chi connectivity index (χ0) is 15.4. The third kappa shape index (κ3) is 3.82. The number of hydrogen-bond acceptors (Lipinski definition) is 4. The molecule has 1 aromatic carbocycles. The first-order valence-electron chi connectivity index (χ1n) is 6.96. The molecule has 0 spiro atoms. The highest BCUT2D eigenvalue weighted by Gasteiger charge is 2.20. The Labute approximate surface area is 129 Å². The largest absolute Gasteiger partial charge is 0.481 e. The number of carboxylic acids is 1. The van der Waals surface area contributed by atoms with Crippen LogP contribution in [0.25, 0.3) is 0 Å². The second kappa shape index (κ2) is 6.72. The minimum absolute atomic E-state index is 0.0931. The van der Waals surface area contributed by atoms with E-state index >= 15 is 0 Å². The molecule has 1 unspecified atom stereocenters. The van der Waals surface area contributed by atoms with E-state index < -0.39 is 5.97 Å². The van der Waals surface area contributed by atoms with Gasteiger partial charge < -0.3 is 10.0 Å². The van der Waals surface area contributed by atoms with Crippen LogP contribution >= 0.6 is 11.3 Å². The molecule has 2 rings (SSSR count). The van der Waals surface area contributed by atoms with Crippen LogP contribution in [0.5, 0.6) is 0 Å². The Morgan fingerprint density at radius 3 is 2.52 bits per heavy atom. The predicted octanol–water partition coefficient (Wildman–Crippen LogP) is 3.80. The monoisotopic (exact) mass is 304 g/mol. The van der Waals surface area contributed by atoms with Crippen molar-refractivity contribution >= 4 is 22.4 Å². The van der Waals surface area contributed by atoms with Gasteiger partial charge in [-0.1, -0.05) is 30.3 Å². The fraction of sp³-hybridized carbons (Fsp3) is 0.375. The first-order valence-corrected chi connectivity index (χ1v) is 7.78. The van der Waals surface area contributed by atoms with Crippen molar-refractivity contribution in [2.75, 3.05) is 11.4 Å². The van der Waals surface area contributed by atoms with Crippen LogP contribution in [0.4, 0.5) is 5.13 Å². The van der Waals surface area contributed by atoms with Crippen LogP contribution in [0.2, 0.25) is 0 Å². The van der Waals surface area contributed by atoms with Gasteiger partial charge in [0, 0.05) is 11.4 Å². The minimum Gasteiger partial charge on any atom is -0.481 e. The number of nitrogens with zero attached hydrogens (tertiary/aromatic N) is 2. The summed E-state index contributed by atoms with van der Waals surface area (Å²) in [5.41, 5.74) is 2.17. The molecule has 0 radical (unpaired) electrons. The van der Waals surface area contributed by atoms with Gasteiger partial charge in [-0.05, 0) is 26.3 Å². The van der Waals surface area contributed by atoms with E-state index in [0.29, 0.717) is 6.54 Å². The average Bonchev–Trinajstić information content (AvgIpc) is 2.79. The molecule has 4 nitrogen and oxygen atoms in total. The number of hydrogen-bond donors (Lipinski definition) is 1. The van der Waals surface area contributed by atoms with Crippen molar-refractivity contribution in [2.24, 2.45) is 0 Å². The van der Waals surface area contributed by atoms with E-state index in [2.05, 4.69) is 28.9 Å². The van der Waals surface area contributed by atoms with Crippen LogP contribution in [0.3, 0.4) is 0 Å². The summed E-state index contributed by atoms with van der Waals surface area (Å²) >= 11 is 1.62. The number of carbonyl (C=O) groups is 1. The van der Waals surface area contributed by atoms with Crippen molar-refractivity contribution < 1.29 is 9.90 Å². The Balaban J connectivity index is 2.29. The lowest BCUT2D eigenvalue weighted by atomic mass is 10.1. The third-order valence-corrected chi connectivity index (χ3v) is 4.69. The van der Waals surface area contributed by atoms with E-state index in [-0.39, 0.29) is 12.5 Å². The molecule has 0 saturated heterocycles. The normalized spacial score (nSPS) is 12.1. The number of carboxylic acid groups (broad SMARTS) is 1. The number of aliphatic carboxylic acids is 1. The molecule has 1 atom stereocenters. The summed E-state index contributed by atoms with van der Waals surface area (Å²) in [4.78, 5) is 18.8. The van der Waals surface area contributed by atoms with Crippen LogP contribution < -0.4 is 4.90 Å². The van der Waals surface area contributed by atoms with Gasteiger partial charge in [-0.25, -0.2) is 4.98 Å². The van der Waals surface area contributed by atoms with Crippen LogP contribution in [0.15, 0.2) is 30.3 Å². The lowest BCUT2D eigenvalue weighted by molar-refractivity contribution is -0.136. The highest BCUT2D eigenvalue weighted by Crippen LogP contribution is 2.32. The van der Waals surface area contributed by atoms with Crippen LogP contribution in [0.1, 0.15) is 35.5 Å². The Kier molecular flexibility index (Phi) is 4.96. The molecule has 0 amide bonds. The fourth-order valence-corrected chi connectivity index (χ4v) is 3.18. The van der Waals surface area contributed by atoms with Gasteiger partial charge in [-0.3, -0.25) is 4.79 Å². The Bertz CT molecular complexity index is 590. The summed E-state index contributed by atoms with van der Waals surface area (Å²) in [7, 11) is 0. The highest BCUT2D eigenvalue weighted by molar-refractivity contribution is 7.15. The van der Waals surface area contributed by atoms with E-state index in [1.807, 2.05) is 32.0 Å². The summed E-state index contributed by atoms with van der Waals surface area (Å²) in [5.74, 6) is -0.787. The summed E-state index contributed by atoms with van der Waals surface area (Å²) in [6, 6.07) is 10.2. The van der Waals surface area contributed by atoms with E-state index in [0.717, 1.165) is 16.4 Å². The lowest BCUT2D eigenvalue weighted by Crippen LogP contribution is -2.29. The third-order valence-electron chi connectivity index (χ3n) is 3.58. The second-order valence-corrected chi connectivity index (χ2v) is 6.24. The first-order chi connectivity index (χ1) is 9.99. The van der Waals surface area contributed by atoms with Crippen molar-refractivity contribution in [1.29, 1.82) is 0 Å². The zero-order valence-electron chi connectivity index (χ0n) is 12.5.